The number of ether oxygens (including phenoxy) is 1. The largest absolute Gasteiger partial charge is 0.453 e. The van der Waals surface area contributed by atoms with Gasteiger partial charge in [-0.05, 0) is 0 Å². The molecule has 0 aliphatic heterocycles. The Balaban J connectivity index is 3.93. The monoisotopic (exact) mass is 305 g/mol. The van der Waals surface area contributed by atoms with Crippen LogP contribution >= 0.6 is 0 Å². The molecule has 2 N–H and O–H groups in total. The highest BCUT2D eigenvalue weighted by Gasteiger charge is 2.11. The van der Waals surface area contributed by atoms with Crippen molar-refractivity contribution in [3.05, 3.63) is 12.2 Å². The van der Waals surface area contributed by atoms with Gasteiger partial charge in [0.2, 0.25) is 0 Å². The SMILES string of the molecule is CC(=O)OOC(=O)/C=C\C(=O)OOC(=O)COC(=O)CN. The van der Waals surface area contributed by atoms with E-state index in [0.717, 1.165) is 6.92 Å². The fourth-order valence-corrected chi connectivity index (χ4v) is 0.601. The highest BCUT2D eigenvalue weighted by atomic mass is 17.2. The maximum atomic E-state index is 11.0. The third-order valence-electron chi connectivity index (χ3n) is 1.33. The second-order valence-corrected chi connectivity index (χ2v) is 3.03. The first-order valence-electron chi connectivity index (χ1n) is 5.19. The molecule has 11 nitrogen and oxygen atoms in total. The summed E-state index contributed by atoms with van der Waals surface area (Å²) in [7, 11) is 0. The van der Waals surface area contributed by atoms with Crippen molar-refractivity contribution in [3.63, 3.8) is 0 Å². The second kappa shape index (κ2) is 9.91. The fourth-order valence-electron chi connectivity index (χ4n) is 0.601. The van der Waals surface area contributed by atoms with Gasteiger partial charge in [0.1, 0.15) is 0 Å². The van der Waals surface area contributed by atoms with Crippen LogP contribution in [0.1, 0.15) is 6.92 Å². The summed E-state index contributed by atoms with van der Waals surface area (Å²) < 4.78 is 4.27. The molecule has 0 unspecified atom stereocenters. The van der Waals surface area contributed by atoms with Gasteiger partial charge in [-0.3, -0.25) is 4.79 Å². The predicted molar refractivity (Wildman–Crippen MR) is 59.2 cm³/mol. The molecule has 11 heteroatoms. The Morgan fingerprint density at radius 3 is 1.86 bits per heavy atom. The van der Waals surface area contributed by atoms with Crippen molar-refractivity contribution in [2.75, 3.05) is 13.2 Å². The van der Waals surface area contributed by atoms with E-state index < -0.39 is 43.0 Å². The Hall–Kier alpha value is -2.95. The molecule has 0 saturated heterocycles. The van der Waals surface area contributed by atoms with Crippen molar-refractivity contribution in [1.29, 1.82) is 0 Å². The van der Waals surface area contributed by atoms with Gasteiger partial charge in [0.05, 0.1) is 6.54 Å². The smallest absolute Gasteiger partial charge is 0.392 e. The highest BCUT2D eigenvalue weighted by molar-refractivity contribution is 5.91. The van der Waals surface area contributed by atoms with Gasteiger partial charge in [0, 0.05) is 19.1 Å². The maximum absolute atomic E-state index is 11.0. The molecule has 0 radical (unpaired) electrons. The molecule has 0 aliphatic carbocycles. The van der Waals surface area contributed by atoms with Gasteiger partial charge in [0.25, 0.3) is 0 Å². The van der Waals surface area contributed by atoms with Crippen LogP contribution in [0.2, 0.25) is 0 Å². The zero-order chi connectivity index (χ0) is 16.3. The van der Waals surface area contributed by atoms with Crippen molar-refractivity contribution in [2.24, 2.45) is 5.73 Å². The number of rotatable bonds is 5. The lowest BCUT2D eigenvalue weighted by Gasteiger charge is -2.02. The first-order chi connectivity index (χ1) is 9.85. The van der Waals surface area contributed by atoms with E-state index in [9.17, 15) is 24.0 Å². The first kappa shape index (κ1) is 18.0. The minimum Gasteiger partial charge on any atom is -0.453 e. The van der Waals surface area contributed by atoms with Crippen LogP contribution in [0.5, 0.6) is 0 Å². The minimum atomic E-state index is -1.24. The normalized spacial score (nSPS) is 9.62. The van der Waals surface area contributed by atoms with Gasteiger partial charge in [-0.15, -0.1) is 0 Å². The average Bonchev–Trinajstić information content (AvgIpc) is 2.45. The Kier molecular flexibility index (Phi) is 8.52. The molecular formula is C10H11NO10. The zero-order valence-electron chi connectivity index (χ0n) is 10.7. The molecule has 0 heterocycles. The predicted octanol–water partition coefficient (Wildman–Crippen LogP) is -1.93. The Labute approximate surface area is 117 Å². The van der Waals surface area contributed by atoms with Crippen LogP contribution < -0.4 is 5.73 Å². The molecule has 0 rings (SSSR count). The number of nitrogens with two attached hydrogens (primary N) is 1. The summed E-state index contributed by atoms with van der Waals surface area (Å²) >= 11 is 0. The lowest BCUT2D eigenvalue weighted by atomic mass is 10.5. The molecular weight excluding hydrogens is 294 g/mol. The standard InChI is InChI=1S/C10H11NO10/c1-6(12)18-19-7(13)2-3-8(14)20-21-10(16)5-17-9(15)4-11/h2-3H,4-5,11H2,1H3/b3-2-. The second-order valence-electron chi connectivity index (χ2n) is 3.03. The van der Waals surface area contributed by atoms with Crippen molar-refractivity contribution >= 4 is 29.8 Å². The lowest BCUT2D eigenvalue weighted by Crippen LogP contribution is -2.22. The van der Waals surface area contributed by atoms with E-state index >= 15 is 0 Å². The van der Waals surface area contributed by atoms with Gasteiger partial charge in [-0.2, -0.15) is 0 Å². The van der Waals surface area contributed by atoms with Gasteiger partial charge in [-0.1, -0.05) is 0 Å². The molecule has 0 spiro atoms. The Bertz CT molecular complexity index is 455. The summed E-state index contributed by atoms with van der Waals surface area (Å²) in [6.07, 6.45) is 1.08. The summed E-state index contributed by atoms with van der Waals surface area (Å²) in [5, 5.41) is 0. The van der Waals surface area contributed by atoms with Crippen LogP contribution in [0.15, 0.2) is 12.2 Å². The number of hydrogen-bond donors (Lipinski definition) is 1. The maximum Gasteiger partial charge on any atom is 0.392 e. The molecule has 0 aromatic carbocycles. The average molecular weight is 305 g/mol. The minimum absolute atomic E-state index is 0.430. The molecule has 0 aromatic heterocycles. The third kappa shape index (κ3) is 10.6. The molecule has 0 aliphatic rings. The van der Waals surface area contributed by atoms with Crippen LogP contribution in [0.3, 0.4) is 0 Å². The van der Waals surface area contributed by atoms with Gasteiger partial charge < -0.3 is 10.5 Å². The van der Waals surface area contributed by atoms with Crippen molar-refractivity contribution in [3.8, 4) is 0 Å². The van der Waals surface area contributed by atoms with Crippen molar-refractivity contribution < 1.29 is 48.3 Å². The topological polar surface area (TPSA) is 158 Å². The summed E-state index contributed by atoms with van der Waals surface area (Å²) in [5.41, 5.74) is 4.90. The summed E-state index contributed by atoms with van der Waals surface area (Å²) in [6.45, 7) is -0.246. The summed E-state index contributed by atoms with van der Waals surface area (Å²) in [6, 6.07) is 0. The van der Waals surface area contributed by atoms with E-state index in [4.69, 9.17) is 5.73 Å². The number of esters is 1. The van der Waals surface area contributed by atoms with Crippen LogP contribution in [-0.4, -0.2) is 43.0 Å². The summed E-state index contributed by atoms with van der Waals surface area (Å²) in [4.78, 5) is 69.2. The number of hydrogen-bond acceptors (Lipinski definition) is 11. The molecule has 0 fully saturated rings. The van der Waals surface area contributed by atoms with E-state index in [0.29, 0.717) is 12.2 Å². The van der Waals surface area contributed by atoms with Crippen molar-refractivity contribution in [1.82, 2.24) is 0 Å². The quantitative estimate of drug-likeness (QED) is 0.261. The summed E-state index contributed by atoms with van der Waals surface area (Å²) in [5.74, 6) is -5.33. The number of carbonyl (C=O) groups is 5. The van der Waals surface area contributed by atoms with Gasteiger partial charge in [-0.25, -0.2) is 38.7 Å². The molecule has 0 amide bonds. The van der Waals surface area contributed by atoms with E-state index in [-0.39, 0.29) is 0 Å². The molecule has 0 atom stereocenters. The van der Waals surface area contributed by atoms with E-state index in [1.54, 1.807) is 0 Å². The molecule has 0 bridgehead atoms. The third-order valence-corrected chi connectivity index (χ3v) is 1.33. The van der Waals surface area contributed by atoms with Crippen LogP contribution in [0, 0.1) is 0 Å². The molecule has 0 aromatic rings. The van der Waals surface area contributed by atoms with E-state index in [1.165, 1.54) is 0 Å². The number of carbonyl (C=O) groups excluding carboxylic acids is 5. The van der Waals surface area contributed by atoms with Gasteiger partial charge in [0.15, 0.2) is 6.61 Å². The highest BCUT2D eigenvalue weighted by Crippen LogP contribution is 1.90. The first-order valence-corrected chi connectivity index (χ1v) is 5.19. The van der Waals surface area contributed by atoms with Crippen LogP contribution in [0.25, 0.3) is 0 Å². The molecule has 116 valence electrons. The lowest BCUT2D eigenvalue weighted by molar-refractivity contribution is -0.257. The Morgan fingerprint density at radius 2 is 1.38 bits per heavy atom. The van der Waals surface area contributed by atoms with Gasteiger partial charge >= 0.3 is 29.8 Å². The van der Waals surface area contributed by atoms with Crippen LogP contribution in [0.4, 0.5) is 0 Å². The van der Waals surface area contributed by atoms with E-state index in [1.807, 2.05) is 0 Å². The zero-order valence-corrected chi connectivity index (χ0v) is 10.7. The fraction of sp³-hybridized carbons (Fsp3) is 0.300. The Morgan fingerprint density at radius 1 is 0.857 bits per heavy atom. The molecule has 21 heavy (non-hydrogen) atoms. The van der Waals surface area contributed by atoms with E-state index in [2.05, 4.69) is 24.3 Å². The van der Waals surface area contributed by atoms with Crippen LogP contribution in [-0.2, 0) is 48.3 Å². The molecule has 0 saturated carbocycles. The van der Waals surface area contributed by atoms with Crippen molar-refractivity contribution in [2.45, 2.75) is 6.92 Å².